The summed E-state index contributed by atoms with van der Waals surface area (Å²) in [7, 11) is -7.54. The van der Waals surface area contributed by atoms with Crippen molar-refractivity contribution >= 4 is 33.3 Å². The van der Waals surface area contributed by atoms with Crippen LogP contribution in [0.3, 0.4) is 0 Å². The highest BCUT2D eigenvalue weighted by Crippen LogP contribution is 2.68. The van der Waals surface area contributed by atoms with Gasteiger partial charge in [-0.05, 0) is 144 Å². The summed E-state index contributed by atoms with van der Waals surface area (Å²) in [5, 5.41) is 46.6. The average molecular weight is 697 g/mol. The first-order chi connectivity index (χ1) is 21.2. The Balaban J connectivity index is 1.24. The van der Waals surface area contributed by atoms with Crippen molar-refractivity contribution in [1.29, 1.82) is 0 Å². The van der Waals surface area contributed by atoms with E-state index >= 15 is 0 Å². The van der Waals surface area contributed by atoms with Gasteiger partial charge in [0.2, 0.25) is 23.5 Å². The lowest BCUT2D eigenvalue weighted by atomic mass is 9.94. The van der Waals surface area contributed by atoms with Crippen LogP contribution in [0.25, 0.3) is 11.4 Å². The summed E-state index contributed by atoms with van der Waals surface area (Å²) in [5.74, 6) is 1.15. The van der Waals surface area contributed by atoms with Crippen LogP contribution in [-0.4, -0.2) is 62.8 Å². The fourth-order valence-electron chi connectivity index (χ4n) is 10.4. The fourth-order valence-corrected chi connectivity index (χ4v) is 28.5. The van der Waals surface area contributed by atoms with Crippen molar-refractivity contribution in [3.63, 3.8) is 0 Å². The van der Waals surface area contributed by atoms with Gasteiger partial charge in [0.1, 0.15) is 0 Å². The lowest BCUT2D eigenvalue weighted by molar-refractivity contribution is 0.393. The number of aromatic hydroxyl groups is 4. The number of rotatable bonds is 8. The van der Waals surface area contributed by atoms with Gasteiger partial charge in [-0.15, -0.1) is 0 Å². The first kappa shape index (κ1) is 32.3. The largest absolute Gasteiger partial charge is 0.494 e. The molecule has 4 bridgehead atoms. The predicted octanol–water partition coefficient (Wildman–Crippen LogP) is 8.89. The van der Waals surface area contributed by atoms with Gasteiger partial charge in [0.25, 0.3) is 0 Å². The molecule has 8 nitrogen and oxygen atoms in total. The minimum Gasteiger partial charge on any atom is -0.494 e. The van der Waals surface area contributed by atoms with E-state index in [0.29, 0.717) is 22.5 Å². The summed E-state index contributed by atoms with van der Waals surface area (Å²) in [5.41, 5.74) is 5.49. The molecule has 2 aromatic heterocycles. The van der Waals surface area contributed by atoms with Crippen LogP contribution in [0, 0.1) is 0 Å². The highest BCUT2D eigenvalue weighted by molar-refractivity contribution is 6.85. The second-order valence-corrected chi connectivity index (χ2v) is 35.5. The lowest BCUT2D eigenvalue weighted by Gasteiger charge is -2.39. The SMILES string of the molecule is C[Si](C)(C)O[Si](C)(C)C1CC2CC1c1c2c(O)n(-c2cccc(-n3c(O)c4c(c3O)C3CC4CC3[Si](C)(C)O[Si](C)(C)C)c2)c1O. The minimum atomic E-state index is -2.04. The number of hydrogen-bond acceptors (Lipinski definition) is 6. The van der Waals surface area contributed by atoms with E-state index in [9.17, 15) is 20.4 Å². The van der Waals surface area contributed by atoms with Gasteiger partial charge in [-0.2, -0.15) is 0 Å². The molecule has 4 aliphatic carbocycles. The highest BCUT2D eigenvalue weighted by Gasteiger charge is 2.57. The molecule has 0 aliphatic heterocycles. The Morgan fingerprint density at radius 3 is 1.24 bits per heavy atom. The van der Waals surface area contributed by atoms with Crippen molar-refractivity contribution < 1.29 is 28.7 Å². The average Bonchev–Trinajstić information content (AvgIpc) is 3.73. The Morgan fingerprint density at radius 2 is 0.891 bits per heavy atom. The molecule has 250 valence electrons. The van der Waals surface area contributed by atoms with Crippen molar-refractivity contribution in [2.24, 2.45) is 0 Å². The summed E-state index contributed by atoms with van der Waals surface area (Å²) in [6.45, 7) is 22.8. The minimum absolute atomic E-state index is 0.0959. The lowest BCUT2D eigenvalue weighted by Crippen LogP contribution is -2.46. The molecule has 0 spiro atoms. The second kappa shape index (κ2) is 10.1. The quantitative estimate of drug-likeness (QED) is 0.175. The first-order valence-corrected chi connectivity index (χ1v) is 29.8. The molecule has 7 rings (SSSR count). The van der Waals surface area contributed by atoms with Gasteiger partial charge in [0.05, 0.1) is 11.4 Å². The molecule has 2 fully saturated rings. The third-order valence-corrected chi connectivity index (χ3v) is 25.3. The Labute approximate surface area is 277 Å². The van der Waals surface area contributed by atoms with Crippen molar-refractivity contribution in [1.82, 2.24) is 9.13 Å². The van der Waals surface area contributed by atoms with E-state index < -0.39 is 33.3 Å². The molecule has 0 saturated heterocycles. The van der Waals surface area contributed by atoms with Crippen LogP contribution >= 0.6 is 0 Å². The number of nitrogens with zero attached hydrogens (tertiary/aromatic N) is 2. The molecule has 4 aliphatic rings. The van der Waals surface area contributed by atoms with Crippen molar-refractivity contribution in [3.8, 4) is 34.9 Å². The van der Waals surface area contributed by atoms with E-state index in [1.54, 1.807) is 9.13 Å². The van der Waals surface area contributed by atoms with E-state index in [2.05, 4.69) is 65.5 Å². The second-order valence-electron chi connectivity index (χ2n) is 17.5. The standard InChI is InChI=1S/C34H52N2O6Si4/c1-43(2,3)41-45(7,8)25-16-19-14-23(25)29-27(19)31(37)35(33(29)39)21-12-11-13-22(18-21)36-32(38)28-20-15-24(30(28)34(36)40)26(17-20)46(9,10)42-44(4,5)6/h11-13,18-20,23-26,37-40H,14-17H2,1-10H3. The topological polar surface area (TPSA) is 109 Å². The monoisotopic (exact) mass is 696 g/mol. The molecule has 6 unspecified atom stereocenters. The van der Waals surface area contributed by atoms with Crippen LogP contribution in [0.2, 0.25) is 76.6 Å². The zero-order valence-corrected chi connectivity index (χ0v) is 33.1. The van der Waals surface area contributed by atoms with Gasteiger partial charge in [-0.1, -0.05) is 6.07 Å². The van der Waals surface area contributed by atoms with E-state index in [0.717, 1.165) is 47.9 Å². The molecule has 3 aromatic rings. The van der Waals surface area contributed by atoms with E-state index in [1.807, 2.05) is 24.3 Å². The summed E-state index contributed by atoms with van der Waals surface area (Å²) in [4.78, 5) is 0. The van der Waals surface area contributed by atoms with Gasteiger partial charge in [0, 0.05) is 22.3 Å². The molecule has 1 aromatic carbocycles. The zero-order chi connectivity index (χ0) is 33.5. The summed E-state index contributed by atoms with van der Waals surface area (Å²) < 4.78 is 16.7. The Kier molecular flexibility index (Phi) is 7.13. The summed E-state index contributed by atoms with van der Waals surface area (Å²) in [6, 6.07) is 7.40. The van der Waals surface area contributed by atoms with Gasteiger partial charge in [0.15, 0.2) is 33.3 Å². The molecule has 46 heavy (non-hydrogen) atoms. The molecular weight excluding hydrogens is 645 g/mol. The molecule has 2 saturated carbocycles. The van der Waals surface area contributed by atoms with Crippen LogP contribution < -0.4 is 0 Å². The van der Waals surface area contributed by atoms with Crippen LogP contribution in [0.15, 0.2) is 24.3 Å². The normalized spacial score (nSPS) is 27.1. The maximum atomic E-state index is 11.7. The Morgan fingerprint density at radius 1 is 0.543 bits per heavy atom. The molecule has 6 atom stereocenters. The van der Waals surface area contributed by atoms with Crippen molar-refractivity contribution in [2.45, 2.75) is 126 Å². The van der Waals surface area contributed by atoms with Crippen molar-refractivity contribution in [3.05, 3.63) is 46.5 Å². The van der Waals surface area contributed by atoms with E-state index in [-0.39, 0.29) is 47.2 Å². The summed E-state index contributed by atoms with van der Waals surface area (Å²) >= 11 is 0. The third kappa shape index (κ3) is 4.84. The van der Waals surface area contributed by atoms with Crippen LogP contribution in [0.1, 0.15) is 71.6 Å². The van der Waals surface area contributed by atoms with E-state index in [4.69, 9.17) is 8.23 Å². The molecule has 0 radical (unpaired) electrons. The number of fused-ring (bicyclic) bond motifs is 10. The van der Waals surface area contributed by atoms with Gasteiger partial charge >= 0.3 is 0 Å². The third-order valence-electron chi connectivity index (χ3n) is 11.3. The van der Waals surface area contributed by atoms with Crippen LogP contribution in [0.5, 0.6) is 23.5 Å². The van der Waals surface area contributed by atoms with Crippen molar-refractivity contribution in [2.75, 3.05) is 0 Å². The fraction of sp³-hybridized carbons (Fsp3) is 0.588. The number of hydrogen-bond donors (Lipinski definition) is 4. The van der Waals surface area contributed by atoms with Crippen LogP contribution in [-0.2, 0) is 8.23 Å². The van der Waals surface area contributed by atoms with Gasteiger partial charge in [-0.25, -0.2) is 0 Å². The first-order valence-electron chi connectivity index (χ1n) is 17.0. The maximum Gasteiger partial charge on any atom is 0.202 e. The molecular formula is C34H52N2O6Si4. The number of benzene rings is 1. The van der Waals surface area contributed by atoms with Gasteiger partial charge in [-0.3, -0.25) is 9.13 Å². The van der Waals surface area contributed by atoms with Crippen LogP contribution in [0.4, 0.5) is 0 Å². The highest BCUT2D eigenvalue weighted by atomic mass is 28.4. The van der Waals surface area contributed by atoms with E-state index in [1.165, 1.54) is 0 Å². The molecule has 4 N–H and O–H groups in total. The Hall–Kier alpha value is -2.23. The summed E-state index contributed by atoms with van der Waals surface area (Å²) in [6.07, 6.45) is 3.87. The molecule has 2 heterocycles. The smallest absolute Gasteiger partial charge is 0.202 e. The zero-order valence-electron chi connectivity index (χ0n) is 29.1. The molecule has 12 heteroatoms. The molecule has 0 amide bonds. The Bertz CT molecular complexity index is 1610. The van der Waals surface area contributed by atoms with Gasteiger partial charge < -0.3 is 28.7 Å². The maximum absolute atomic E-state index is 11.7. The predicted molar refractivity (Wildman–Crippen MR) is 193 cm³/mol. The number of aromatic nitrogens is 2.